The minimum absolute atomic E-state index is 2.43. The van der Waals surface area contributed by atoms with Gasteiger partial charge in [-0.15, -0.1) is 0 Å². The van der Waals surface area contributed by atoms with Crippen LogP contribution in [-0.2, 0) is 4.89 Å². The highest BCUT2D eigenvalue weighted by molar-refractivity contribution is 4.90. The van der Waals surface area contributed by atoms with Crippen molar-refractivity contribution in [2.45, 2.75) is 18.0 Å². The molecule has 0 aliphatic heterocycles. The zero-order valence-electron chi connectivity index (χ0n) is 5.71. The van der Waals surface area contributed by atoms with Gasteiger partial charge in [-0.2, -0.15) is 30.7 Å². The highest BCUT2D eigenvalue weighted by Gasteiger charge is 2.73. The fraction of sp³-hybridized carbons (Fsp3) is 1.00. The lowest BCUT2D eigenvalue weighted by atomic mass is 10.2. The summed E-state index contributed by atoms with van der Waals surface area (Å²) in [6.07, 6.45) is -6.39. The molecule has 80 valence electrons. The molecule has 0 fully saturated rings. The number of alkyl halides is 7. The molecule has 0 aromatic rings. The van der Waals surface area contributed by atoms with E-state index in [9.17, 15) is 30.7 Å². The molecule has 0 radical (unpaired) electrons. The van der Waals surface area contributed by atoms with Crippen LogP contribution >= 0.6 is 0 Å². The zero-order chi connectivity index (χ0) is 10.9. The van der Waals surface area contributed by atoms with Gasteiger partial charge in [0.25, 0.3) is 0 Å². The van der Waals surface area contributed by atoms with Gasteiger partial charge in [-0.1, -0.05) is 0 Å². The molecule has 0 saturated heterocycles. The maximum atomic E-state index is 11.9. The maximum Gasteiger partial charge on any atom is 0.459 e. The van der Waals surface area contributed by atoms with Gasteiger partial charge in [0.1, 0.15) is 0 Å². The summed E-state index contributed by atoms with van der Waals surface area (Å²) in [5, 5.41) is 7.35. The summed E-state index contributed by atoms with van der Waals surface area (Å²) in [6, 6.07) is 0. The Labute approximate surface area is 66.8 Å². The zero-order valence-corrected chi connectivity index (χ0v) is 5.71. The first kappa shape index (κ1) is 12.4. The molecule has 0 unspecified atom stereocenters. The van der Waals surface area contributed by atoms with Crippen molar-refractivity contribution in [3.05, 3.63) is 0 Å². The highest BCUT2D eigenvalue weighted by Crippen LogP contribution is 2.46. The van der Waals surface area contributed by atoms with E-state index in [1.807, 2.05) is 0 Å². The van der Waals surface area contributed by atoms with Gasteiger partial charge in [-0.05, 0) is 0 Å². The van der Waals surface area contributed by atoms with Crippen LogP contribution in [0.5, 0.6) is 0 Å². The van der Waals surface area contributed by atoms with Crippen LogP contribution in [0.1, 0.15) is 0 Å². The Hall–Kier alpha value is -0.570. The van der Waals surface area contributed by atoms with Crippen molar-refractivity contribution >= 4 is 0 Å². The molecule has 0 rings (SSSR count). The van der Waals surface area contributed by atoms with E-state index < -0.39 is 24.6 Å². The van der Waals surface area contributed by atoms with Crippen molar-refractivity contribution < 1.29 is 40.9 Å². The second-order valence-electron chi connectivity index (χ2n) is 2.05. The van der Waals surface area contributed by atoms with E-state index in [2.05, 4.69) is 4.89 Å². The average Bonchev–Trinajstić information content (AvgIpc) is 1.84. The van der Waals surface area contributed by atoms with Gasteiger partial charge >= 0.3 is 18.0 Å². The Morgan fingerprint density at radius 1 is 0.923 bits per heavy atom. The van der Waals surface area contributed by atoms with Crippen LogP contribution < -0.4 is 0 Å². The third-order valence-electron chi connectivity index (χ3n) is 1.06. The first-order valence-electron chi connectivity index (χ1n) is 2.65. The van der Waals surface area contributed by atoms with Crippen molar-refractivity contribution in [2.24, 2.45) is 0 Å². The van der Waals surface area contributed by atoms with Crippen LogP contribution in [0.2, 0.25) is 0 Å². The number of hydrogen-bond donors (Lipinski definition) is 1. The monoisotopic (exact) mass is 216 g/mol. The molecule has 0 bridgehead atoms. The molecular weight excluding hydrogens is 213 g/mol. The Morgan fingerprint density at radius 2 is 1.31 bits per heavy atom. The summed E-state index contributed by atoms with van der Waals surface area (Å²) >= 11 is 0. The molecule has 0 amide bonds. The third kappa shape index (κ3) is 2.21. The van der Waals surface area contributed by atoms with Crippen LogP contribution in [-0.4, -0.2) is 29.9 Å². The Bertz CT molecular complexity index is 174. The number of halogens is 7. The number of hydrogen-bond acceptors (Lipinski definition) is 2. The molecule has 0 aromatic heterocycles. The second kappa shape index (κ2) is 3.29. The van der Waals surface area contributed by atoms with E-state index in [4.69, 9.17) is 5.26 Å². The lowest BCUT2D eigenvalue weighted by molar-refractivity contribution is -0.384. The molecule has 9 heteroatoms. The first-order chi connectivity index (χ1) is 5.56. The van der Waals surface area contributed by atoms with Crippen LogP contribution in [0.15, 0.2) is 0 Å². The third-order valence-corrected chi connectivity index (χ3v) is 1.06. The van der Waals surface area contributed by atoms with Crippen LogP contribution in [0, 0.1) is 0 Å². The van der Waals surface area contributed by atoms with Crippen LogP contribution in [0.3, 0.4) is 0 Å². The topological polar surface area (TPSA) is 29.5 Å². The molecule has 13 heavy (non-hydrogen) atoms. The van der Waals surface area contributed by atoms with Gasteiger partial charge in [-0.25, -0.2) is 4.89 Å². The predicted octanol–water partition coefficient (Wildman–Crippen LogP) is 2.31. The van der Waals surface area contributed by atoms with E-state index >= 15 is 0 Å². The summed E-state index contributed by atoms with van der Waals surface area (Å²) in [5.41, 5.74) is 0. The van der Waals surface area contributed by atoms with Crippen molar-refractivity contribution in [2.75, 3.05) is 6.61 Å². The fourth-order valence-electron chi connectivity index (χ4n) is 0.379. The largest absolute Gasteiger partial charge is 0.459 e. The molecule has 0 aliphatic carbocycles. The maximum absolute atomic E-state index is 11.9. The lowest BCUT2D eigenvalue weighted by Crippen LogP contribution is -2.54. The number of rotatable bonds is 3. The van der Waals surface area contributed by atoms with Crippen molar-refractivity contribution in [3.63, 3.8) is 0 Å². The minimum atomic E-state index is -6.39. The Kier molecular flexibility index (Phi) is 3.15. The molecule has 0 heterocycles. The molecule has 0 atom stereocenters. The van der Waals surface area contributed by atoms with E-state index in [0.717, 1.165) is 0 Å². The van der Waals surface area contributed by atoms with Crippen LogP contribution in [0.4, 0.5) is 30.7 Å². The summed E-state index contributed by atoms with van der Waals surface area (Å²) in [4.78, 5) is 2.56. The average molecular weight is 216 g/mol. The van der Waals surface area contributed by atoms with Crippen LogP contribution in [0.25, 0.3) is 0 Å². The normalized spacial score (nSPS) is 14.8. The van der Waals surface area contributed by atoms with Crippen molar-refractivity contribution in [1.82, 2.24) is 0 Å². The molecule has 0 aliphatic rings. The first-order valence-corrected chi connectivity index (χ1v) is 2.65. The second-order valence-corrected chi connectivity index (χ2v) is 2.05. The lowest BCUT2D eigenvalue weighted by Gasteiger charge is -2.26. The van der Waals surface area contributed by atoms with Gasteiger partial charge in [0.15, 0.2) is 6.61 Å². The van der Waals surface area contributed by atoms with Gasteiger partial charge in [0.05, 0.1) is 0 Å². The quantitative estimate of drug-likeness (QED) is 0.445. The molecule has 0 aromatic carbocycles. The smallest absolute Gasteiger partial charge is 0.252 e. The predicted molar refractivity (Wildman–Crippen MR) is 24.5 cm³/mol. The van der Waals surface area contributed by atoms with Gasteiger partial charge in [0, 0.05) is 0 Å². The van der Waals surface area contributed by atoms with Gasteiger partial charge < -0.3 is 0 Å². The van der Waals surface area contributed by atoms with E-state index in [-0.39, 0.29) is 0 Å². The highest BCUT2D eigenvalue weighted by atomic mass is 19.4. The van der Waals surface area contributed by atoms with Crippen molar-refractivity contribution in [3.8, 4) is 0 Å². The molecule has 1 N–H and O–H groups in total. The van der Waals surface area contributed by atoms with Gasteiger partial charge in [-0.3, -0.25) is 5.26 Å². The van der Waals surface area contributed by atoms with E-state index in [1.54, 1.807) is 0 Å². The Balaban J connectivity index is 4.81. The fourth-order valence-corrected chi connectivity index (χ4v) is 0.379. The van der Waals surface area contributed by atoms with E-state index in [1.165, 1.54) is 0 Å². The Morgan fingerprint density at radius 3 is 1.54 bits per heavy atom. The molecule has 2 nitrogen and oxygen atoms in total. The van der Waals surface area contributed by atoms with Gasteiger partial charge in [0.2, 0.25) is 0 Å². The molecule has 0 spiro atoms. The summed E-state index contributed by atoms with van der Waals surface area (Å²) in [7, 11) is 0. The minimum Gasteiger partial charge on any atom is -0.252 e. The summed E-state index contributed by atoms with van der Waals surface area (Å²) in [6.45, 7) is -2.43. The summed E-state index contributed by atoms with van der Waals surface area (Å²) in [5.74, 6) is -11.7. The molecular formula is C4H3F7O2. The SMILES string of the molecule is OOCC(F)(F)C(F)(F)C(F)(F)F. The standard InChI is InChI=1S/C4H3F7O2/c5-2(6,1-13-12)3(7,8)4(9,10)11/h12H,1H2. The van der Waals surface area contributed by atoms with E-state index in [0.29, 0.717) is 0 Å². The van der Waals surface area contributed by atoms with Crippen molar-refractivity contribution in [1.29, 1.82) is 0 Å². The summed E-state index contributed by atoms with van der Waals surface area (Å²) < 4.78 is 81.4. The molecule has 0 saturated carbocycles.